The SMILES string of the molecule is C=N/C(=C\C(=C/C)C(=O)NCc1c(C)cc(N)nc1C)Cc1ccc2nc(C#N)ccc2c1. The number of benzene rings is 1. The maximum atomic E-state index is 12.8. The monoisotopic (exact) mass is 438 g/mol. The van der Waals surface area contributed by atoms with Crippen molar-refractivity contribution in [3.8, 4) is 6.07 Å². The van der Waals surface area contributed by atoms with Crippen molar-refractivity contribution in [3.05, 3.63) is 87.9 Å². The number of carbonyl (C=O) groups is 1. The van der Waals surface area contributed by atoms with Crippen LogP contribution in [0.2, 0.25) is 0 Å². The minimum absolute atomic E-state index is 0.207. The molecule has 1 amide bonds. The Labute approximate surface area is 193 Å². The molecule has 0 aliphatic carbocycles. The Morgan fingerprint density at radius 2 is 2.03 bits per heavy atom. The third-order valence-corrected chi connectivity index (χ3v) is 5.35. The number of aryl methyl sites for hydroxylation is 2. The van der Waals surface area contributed by atoms with Crippen LogP contribution in [0.25, 0.3) is 10.9 Å². The summed E-state index contributed by atoms with van der Waals surface area (Å²) in [7, 11) is 0. The van der Waals surface area contributed by atoms with E-state index in [1.165, 1.54) is 0 Å². The topological polar surface area (TPSA) is 117 Å². The smallest absolute Gasteiger partial charge is 0.251 e. The first kappa shape index (κ1) is 23.4. The summed E-state index contributed by atoms with van der Waals surface area (Å²) in [5.74, 6) is 0.259. The number of aromatic nitrogens is 2. The molecule has 0 aliphatic heterocycles. The van der Waals surface area contributed by atoms with E-state index >= 15 is 0 Å². The lowest BCUT2D eigenvalue weighted by molar-refractivity contribution is -0.117. The molecule has 0 radical (unpaired) electrons. The van der Waals surface area contributed by atoms with Crippen LogP contribution in [0.5, 0.6) is 0 Å². The Balaban J connectivity index is 1.75. The van der Waals surface area contributed by atoms with Crippen LogP contribution in [-0.2, 0) is 17.8 Å². The number of nitrogen functional groups attached to an aromatic ring is 1. The average Bonchev–Trinajstić information content (AvgIpc) is 2.80. The van der Waals surface area contributed by atoms with Gasteiger partial charge in [-0.1, -0.05) is 12.1 Å². The van der Waals surface area contributed by atoms with Crippen molar-refractivity contribution in [1.82, 2.24) is 15.3 Å². The largest absolute Gasteiger partial charge is 0.384 e. The zero-order chi connectivity index (χ0) is 24.0. The van der Waals surface area contributed by atoms with Gasteiger partial charge in [-0.25, -0.2) is 9.97 Å². The molecule has 2 heterocycles. The molecule has 33 heavy (non-hydrogen) atoms. The normalized spacial score (nSPS) is 11.8. The zero-order valence-corrected chi connectivity index (χ0v) is 19.0. The number of aliphatic imine (C=N–C) groups is 1. The number of nitrogens with two attached hydrogens (primary N) is 1. The van der Waals surface area contributed by atoms with Crippen LogP contribution >= 0.6 is 0 Å². The molecule has 0 aliphatic rings. The molecule has 0 unspecified atom stereocenters. The van der Waals surface area contributed by atoms with Crippen LogP contribution in [0.15, 0.2) is 64.8 Å². The van der Waals surface area contributed by atoms with E-state index in [4.69, 9.17) is 11.0 Å². The number of nitrogens with one attached hydrogen (secondary N) is 1. The van der Waals surface area contributed by atoms with Crippen molar-refractivity contribution >= 4 is 29.3 Å². The van der Waals surface area contributed by atoms with Crippen molar-refractivity contribution in [3.63, 3.8) is 0 Å². The van der Waals surface area contributed by atoms with Gasteiger partial charge in [-0.05, 0) is 80.6 Å². The fourth-order valence-corrected chi connectivity index (χ4v) is 3.59. The summed E-state index contributed by atoms with van der Waals surface area (Å²) in [6, 6.07) is 13.2. The van der Waals surface area contributed by atoms with E-state index in [1.54, 1.807) is 24.3 Å². The Morgan fingerprint density at radius 3 is 2.70 bits per heavy atom. The molecule has 166 valence electrons. The number of carbonyl (C=O) groups excluding carboxylic acids is 1. The maximum Gasteiger partial charge on any atom is 0.251 e. The molecule has 3 N–H and O–H groups in total. The number of amides is 1. The number of pyridine rings is 2. The molecule has 1 aromatic carbocycles. The number of fused-ring (bicyclic) bond motifs is 1. The van der Waals surface area contributed by atoms with E-state index in [0.717, 1.165) is 33.3 Å². The third kappa shape index (κ3) is 5.69. The van der Waals surface area contributed by atoms with Crippen molar-refractivity contribution < 1.29 is 4.79 Å². The van der Waals surface area contributed by atoms with Gasteiger partial charge in [0.25, 0.3) is 5.91 Å². The van der Waals surface area contributed by atoms with E-state index in [1.807, 2.05) is 51.1 Å². The highest BCUT2D eigenvalue weighted by atomic mass is 16.1. The second-order valence-electron chi connectivity index (χ2n) is 7.66. The Bertz CT molecular complexity index is 1310. The summed E-state index contributed by atoms with van der Waals surface area (Å²) in [5, 5.41) is 12.9. The fourth-order valence-electron chi connectivity index (χ4n) is 3.59. The lowest BCUT2D eigenvalue weighted by Gasteiger charge is -2.12. The first-order chi connectivity index (χ1) is 15.8. The summed E-state index contributed by atoms with van der Waals surface area (Å²) in [5.41, 5.74) is 11.8. The van der Waals surface area contributed by atoms with Crippen molar-refractivity contribution in [2.75, 3.05) is 5.73 Å². The van der Waals surface area contributed by atoms with E-state index < -0.39 is 0 Å². The summed E-state index contributed by atoms with van der Waals surface area (Å²) >= 11 is 0. The van der Waals surface area contributed by atoms with Crippen molar-refractivity contribution in [2.24, 2.45) is 4.99 Å². The minimum Gasteiger partial charge on any atom is -0.384 e. The van der Waals surface area contributed by atoms with Crippen LogP contribution in [0.1, 0.15) is 35.0 Å². The standard InChI is InChI=1S/C26H26N6O/c1-5-19(26(33)30-15-23-16(2)10-25(28)31-17(23)3)13-22(29-4)12-18-6-9-24-20(11-18)7-8-21(14-27)32-24/h5-11,13H,4,12,15H2,1-3H3,(H2,28,31)(H,30,33)/b19-5+,22-13-. The fraction of sp³-hybridized carbons (Fsp3) is 0.192. The van der Waals surface area contributed by atoms with Gasteiger partial charge in [-0.3, -0.25) is 9.79 Å². The molecule has 0 saturated heterocycles. The molecule has 0 atom stereocenters. The predicted octanol–water partition coefficient (Wildman–Crippen LogP) is 4.09. The van der Waals surface area contributed by atoms with E-state index in [9.17, 15) is 4.79 Å². The van der Waals surface area contributed by atoms with Gasteiger partial charge in [0.15, 0.2) is 0 Å². The molecule has 0 bridgehead atoms. The number of allylic oxidation sites excluding steroid dienone is 2. The quantitative estimate of drug-likeness (QED) is 0.327. The van der Waals surface area contributed by atoms with Crippen molar-refractivity contribution in [2.45, 2.75) is 33.7 Å². The van der Waals surface area contributed by atoms with Gasteiger partial charge >= 0.3 is 0 Å². The maximum absolute atomic E-state index is 12.8. The summed E-state index contributed by atoms with van der Waals surface area (Å²) in [4.78, 5) is 25.5. The number of hydrogen-bond donors (Lipinski definition) is 2. The average molecular weight is 439 g/mol. The van der Waals surface area contributed by atoms with Crippen LogP contribution in [-0.4, -0.2) is 22.6 Å². The molecular weight excluding hydrogens is 412 g/mol. The summed E-state index contributed by atoms with van der Waals surface area (Å²) in [6.07, 6.45) is 3.99. The van der Waals surface area contributed by atoms with Gasteiger partial charge < -0.3 is 11.1 Å². The van der Waals surface area contributed by atoms with Crippen LogP contribution in [0.3, 0.4) is 0 Å². The number of nitriles is 1. The molecule has 2 aromatic heterocycles. The highest BCUT2D eigenvalue weighted by Crippen LogP contribution is 2.19. The summed E-state index contributed by atoms with van der Waals surface area (Å²) in [6.45, 7) is 9.65. The second kappa shape index (κ2) is 10.3. The molecule has 3 rings (SSSR count). The minimum atomic E-state index is -0.207. The number of hydrogen-bond acceptors (Lipinski definition) is 6. The first-order valence-corrected chi connectivity index (χ1v) is 10.5. The molecule has 0 fully saturated rings. The van der Waals surface area contributed by atoms with Crippen LogP contribution in [0, 0.1) is 25.2 Å². The molecule has 0 spiro atoms. The van der Waals surface area contributed by atoms with Crippen LogP contribution in [0.4, 0.5) is 5.82 Å². The molecule has 0 saturated carbocycles. The predicted molar refractivity (Wildman–Crippen MR) is 132 cm³/mol. The highest BCUT2D eigenvalue weighted by molar-refractivity contribution is 5.96. The van der Waals surface area contributed by atoms with Gasteiger partial charge in [0.2, 0.25) is 0 Å². The van der Waals surface area contributed by atoms with E-state index in [2.05, 4.69) is 27.0 Å². The van der Waals surface area contributed by atoms with Gasteiger partial charge in [0.05, 0.1) is 5.52 Å². The number of anilines is 1. The molecule has 7 heteroatoms. The van der Waals surface area contributed by atoms with Crippen LogP contribution < -0.4 is 11.1 Å². The molecule has 7 nitrogen and oxygen atoms in total. The summed E-state index contributed by atoms with van der Waals surface area (Å²) < 4.78 is 0. The highest BCUT2D eigenvalue weighted by Gasteiger charge is 2.11. The zero-order valence-electron chi connectivity index (χ0n) is 19.0. The van der Waals surface area contributed by atoms with Gasteiger partial charge in [-0.15, -0.1) is 0 Å². The lowest BCUT2D eigenvalue weighted by atomic mass is 10.0. The molecule has 3 aromatic rings. The van der Waals surface area contributed by atoms with Gasteiger partial charge in [-0.2, -0.15) is 5.26 Å². The van der Waals surface area contributed by atoms with E-state index in [0.29, 0.717) is 35.7 Å². The van der Waals surface area contributed by atoms with Crippen molar-refractivity contribution in [1.29, 1.82) is 5.26 Å². The van der Waals surface area contributed by atoms with Gasteiger partial charge in [0.1, 0.15) is 17.6 Å². The molecular formula is C26H26N6O. The Kier molecular flexibility index (Phi) is 7.31. The number of nitrogens with zero attached hydrogens (tertiary/aromatic N) is 4. The van der Waals surface area contributed by atoms with E-state index in [-0.39, 0.29) is 5.91 Å². The third-order valence-electron chi connectivity index (χ3n) is 5.35. The lowest BCUT2D eigenvalue weighted by Crippen LogP contribution is -2.25. The Morgan fingerprint density at radius 1 is 1.24 bits per heavy atom. The number of rotatable bonds is 7. The van der Waals surface area contributed by atoms with Gasteiger partial charge in [0, 0.05) is 35.3 Å². The first-order valence-electron chi connectivity index (χ1n) is 10.5. The second-order valence-corrected chi connectivity index (χ2v) is 7.66. The Hall–Kier alpha value is -4.31.